The van der Waals surface area contributed by atoms with E-state index in [0.29, 0.717) is 28.8 Å². The number of carbonyl (C=O) groups excluding carboxylic acids is 2. The summed E-state index contributed by atoms with van der Waals surface area (Å²) in [6, 6.07) is 12.4. The second-order valence-corrected chi connectivity index (χ2v) is 7.41. The third-order valence-corrected chi connectivity index (χ3v) is 4.42. The van der Waals surface area contributed by atoms with Crippen molar-refractivity contribution < 1.29 is 14.3 Å². The summed E-state index contributed by atoms with van der Waals surface area (Å²) in [7, 11) is 0. The van der Waals surface area contributed by atoms with Gasteiger partial charge in [0.1, 0.15) is 5.75 Å². The molecule has 0 fully saturated rings. The molecular weight excluding hydrogens is 469 g/mol. The summed E-state index contributed by atoms with van der Waals surface area (Å²) in [5.41, 5.74) is 3.19. The van der Waals surface area contributed by atoms with E-state index in [0.717, 1.165) is 10.0 Å². The van der Waals surface area contributed by atoms with Crippen molar-refractivity contribution in [2.24, 2.45) is 5.10 Å². The number of hydrogen-bond acceptors (Lipinski definition) is 4. The number of carbonyl (C=O) groups is 2. The summed E-state index contributed by atoms with van der Waals surface area (Å²) in [5, 5.41) is 7.31. The van der Waals surface area contributed by atoms with Gasteiger partial charge in [-0.1, -0.05) is 51.3 Å². The van der Waals surface area contributed by atoms with Crippen LogP contribution < -0.4 is 15.5 Å². The Labute approximate surface area is 181 Å². The number of ether oxygens (including phenoxy) is 1. The van der Waals surface area contributed by atoms with Crippen molar-refractivity contribution in [3.05, 3.63) is 62.5 Å². The van der Waals surface area contributed by atoms with Gasteiger partial charge < -0.3 is 10.1 Å². The highest BCUT2D eigenvalue weighted by Gasteiger charge is 2.06. The molecule has 9 heteroatoms. The molecule has 0 saturated heterocycles. The fourth-order valence-electron chi connectivity index (χ4n) is 2.08. The maximum Gasteiger partial charge on any atom is 0.259 e. The fourth-order valence-corrected chi connectivity index (χ4v) is 2.96. The quantitative estimate of drug-likeness (QED) is 0.317. The highest BCUT2D eigenvalue weighted by Crippen LogP contribution is 2.27. The van der Waals surface area contributed by atoms with Gasteiger partial charge in [0.2, 0.25) is 5.91 Å². The first-order valence-electron chi connectivity index (χ1n) is 8.36. The van der Waals surface area contributed by atoms with Crippen molar-refractivity contribution in [3.63, 3.8) is 0 Å². The largest absolute Gasteiger partial charge is 0.492 e. The van der Waals surface area contributed by atoms with Crippen molar-refractivity contribution in [2.75, 3.05) is 13.2 Å². The van der Waals surface area contributed by atoms with Crippen LogP contribution in [0.15, 0.2) is 52.0 Å². The average molecular weight is 487 g/mol. The van der Waals surface area contributed by atoms with Crippen LogP contribution in [0.4, 0.5) is 0 Å². The predicted molar refractivity (Wildman–Crippen MR) is 114 cm³/mol. The molecule has 6 nitrogen and oxygen atoms in total. The fraction of sp³-hybridized carbons (Fsp3) is 0.211. The highest BCUT2D eigenvalue weighted by atomic mass is 79.9. The van der Waals surface area contributed by atoms with Crippen LogP contribution >= 0.6 is 39.1 Å². The Bertz CT molecular complexity index is 862. The van der Waals surface area contributed by atoms with Crippen LogP contribution in [0.1, 0.15) is 18.4 Å². The maximum absolute atomic E-state index is 11.8. The van der Waals surface area contributed by atoms with Crippen LogP contribution in [0.3, 0.4) is 0 Å². The molecule has 148 valence electrons. The Morgan fingerprint density at radius 2 is 1.96 bits per heavy atom. The molecule has 2 amide bonds. The topological polar surface area (TPSA) is 79.8 Å². The standard InChI is InChI=1S/C19H18BrCl2N3O3/c20-14-4-1-3-13(9-14)11-24-25-19(27)12-23-18(26)5-2-8-28-17-7-6-15(21)10-16(17)22/h1,3-4,6-7,9-11H,2,5,8,12H2,(H,23,26)(H,25,27)/b24-11+. The van der Waals surface area contributed by atoms with Gasteiger partial charge in [0, 0.05) is 15.9 Å². The Balaban J connectivity index is 1.60. The molecule has 0 aromatic heterocycles. The molecule has 0 unspecified atom stereocenters. The summed E-state index contributed by atoms with van der Waals surface area (Å²) in [6.45, 7) is 0.163. The summed E-state index contributed by atoms with van der Waals surface area (Å²) in [5.74, 6) is -0.158. The molecule has 0 radical (unpaired) electrons. The van der Waals surface area contributed by atoms with E-state index in [1.54, 1.807) is 18.2 Å². The normalized spacial score (nSPS) is 10.7. The number of halogens is 3. The van der Waals surface area contributed by atoms with E-state index >= 15 is 0 Å². The smallest absolute Gasteiger partial charge is 0.259 e. The van der Waals surface area contributed by atoms with Gasteiger partial charge in [-0.15, -0.1) is 0 Å². The molecule has 2 rings (SSSR count). The molecule has 0 atom stereocenters. The van der Waals surface area contributed by atoms with Crippen LogP contribution in [0.25, 0.3) is 0 Å². The Hall–Kier alpha value is -2.09. The maximum atomic E-state index is 11.8. The number of nitrogens with one attached hydrogen (secondary N) is 2. The van der Waals surface area contributed by atoms with Crippen LogP contribution in [0.5, 0.6) is 5.75 Å². The Morgan fingerprint density at radius 3 is 2.71 bits per heavy atom. The zero-order valence-electron chi connectivity index (χ0n) is 14.8. The van der Waals surface area contributed by atoms with E-state index in [1.807, 2.05) is 24.3 Å². The molecular formula is C19H18BrCl2N3O3. The van der Waals surface area contributed by atoms with Crippen molar-refractivity contribution >= 4 is 57.2 Å². The van der Waals surface area contributed by atoms with Crippen molar-refractivity contribution in [1.29, 1.82) is 0 Å². The molecule has 0 aliphatic rings. The number of benzene rings is 2. The number of hydrazone groups is 1. The highest BCUT2D eigenvalue weighted by molar-refractivity contribution is 9.10. The molecule has 2 aromatic carbocycles. The van der Waals surface area contributed by atoms with Gasteiger partial charge >= 0.3 is 0 Å². The van der Waals surface area contributed by atoms with E-state index in [-0.39, 0.29) is 18.9 Å². The van der Waals surface area contributed by atoms with Crippen molar-refractivity contribution in [1.82, 2.24) is 10.7 Å². The molecule has 0 aliphatic heterocycles. The SMILES string of the molecule is O=C(CCCOc1ccc(Cl)cc1Cl)NCC(=O)N/N=C/c1cccc(Br)c1. The predicted octanol–water partition coefficient (Wildman–Crippen LogP) is 4.18. The monoisotopic (exact) mass is 485 g/mol. The van der Waals surface area contributed by atoms with Gasteiger partial charge in [-0.3, -0.25) is 9.59 Å². The minimum absolute atomic E-state index is 0.154. The molecule has 2 aromatic rings. The Kier molecular flexibility index (Phi) is 9.27. The number of rotatable bonds is 9. The van der Waals surface area contributed by atoms with Crippen molar-refractivity contribution in [3.8, 4) is 5.75 Å². The molecule has 0 saturated carbocycles. The third kappa shape index (κ3) is 8.29. The van der Waals surface area contributed by atoms with E-state index in [1.165, 1.54) is 6.21 Å². The van der Waals surface area contributed by atoms with Crippen LogP contribution in [-0.4, -0.2) is 31.2 Å². The lowest BCUT2D eigenvalue weighted by molar-refractivity contribution is -0.126. The number of nitrogens with zero attached hydrogens (tertiary/aromatic N) is 1. The lowest BCUT2D eigenvalue weighted by atomic mass is 10.2. The first kappa shape index (κ1) is 22.2. The third-order valence-electron chi connectivity index (χ3n) is 3.40. The van der Waals surface area contributed by atoms with Crippen LogP contribution in [-0.2, 0) is 9.59 Å². The average Bonchev–Trinajstić information content (AvgIpc) is 2.65. The molecule has 0 bridgehead atoms. The van der Waals surface area contributed by atoms with Crippen LogP contribution in [0, 0.1) is 0 Å². The van der Waals surface area contributed by atoms with Crippen molar-refractivity contribution in [2.45, 2.75) is 12.8 Å². The second kappa shape index (κ2) is 11.7. The van der Waals surface area contributed by atoms with Gasteiger partial charge in [-0.05, 0) is 42.3 Å². The number of amides is 2. The number of hydrogen-bond donors (Lipinski definition) is 2. The zero-order chi connectivity index (χ0) is 20.4. The second-order valence-electron chi connectivity index (χ2n) is 5.65. The molecule has 0 spiro atoms. The lowest BCUT2D eigenvalue weighted by Crippen LogP contribution is -2.34. The van der Waals surface area contributed by atoms with Gasteiger partial charge in [0.05, 0.1) is 24.4 Å². The minimum Gasteiger partial charge on any atom is -0.492 e. The zero-order valence-corrected chi connectivity index (χ0v) is 17.9. The Morgan fingerprint density at radius 1 is 1.14 bits per heavy atom. The van der Waals surface area contributed by atoms with Gasteiger partial charge in [-0.2, -0.15) is 5.10 Å². The van der Waals surface area contributed by atoms with E-state index in [9.17, 15) is 9.59 Å². The molecule has 2 N–H and O–H groups in total. The lowest BCUT2D eigenvalue weighted by Gasteiger charge is -2.08. The minimum atomic E-state index is -0.413. The van der Waals surface area contributed by atoms with Gasteiger partial charge in [0.25, 0.3) is 5.91 Å². The summed E-state index contributed by atoms with van der Waals surface area (Å²) >= 11 is 15.2. The first-order valence-corrected chi connectivity index (χ1v) is 9.91. The molecule has 28 heavy (non-hydrogen) atoms. The molecule has 0 aliphatic carbocycles. The van der Waals surface area contributed by atoms with Crippen LogP contribution in [0.2, 0.25) is 10.0 Å². The first-order chi connectivity index (χ1) is 13.4. The van der Waals surface area contributed by atoms with Gasteiger partial charge in [0.15, 0.2) is 0 Å². The van der Waals surface area contributed by atoms with E-state index in [2.05, 4.69) is 31.8 Å². The summed E-state index contributed by atoms with van der Waals surface area (Å²) < 4.78 is 6.41. The van der Waals surface area contributed by atoms with Gasteiger partial charge in [-0.25, -0.2) is 5.43 Å². The summed E-state index contributed by atoms with van der Waals surface area (Å²) in [4.78, 5) is 23.5. The van der Waals surface area contributed by atoms with E-state index < -0.39 is 5.91 Å². The summed E-state index contributed by atoms with van der Waals surface area (Å²) in [6.07, 6.45) is 2.22. The molecule has 0 heterocycles. The van der Waals surface area contributed by atoms with E-state index in [4.69, 9.17) is 27.9 Å².